The molecule has 2 amide bonds. The number of carbonyl (C=O) groups is 2. The van der Waals surface area contributed by atoms with E-state index in [1.807, 2.05) is 55.6 Å². The number of hydrogen-bond acceptors (Lipinski definition) is 7. The molecule has 2 aliphatic rings. The van der Waals surface area contributed by atoms with Crippen LogP contribution in [0.4, 0.5) is 5.69 Å². The molecule has 0 bridgehead atoms. The Morgan fingerprint density at radius 1 is 1.17 bits per heavy atom. The molecule has 1 aliphatic heterocycles. The first-order valence-corrected chi connectivity index (χ1v) is 12.9. The van der Waals surface area contributed by atoms with Crippen LogP contribution in [0.5, 0.6) is 0 Å². The molecule has 1 saturated carbocycles. The van der Waals surface area contributed by atoms with Crippen molar-refractivity contribution in [2.24, 2.45) is 11.1 Å². The number of amides is 2. The molecular weight excluding hydrogens is 463 g/mol. The van der Waals surface area contributed by atoms with E-state index < -0.39 is 19.3 Å². The number of benzene rings is 2. The Bertz CT molecular complexity index is 1050. The van der Waals surface area contributed by atoms with Gasteiger partial charge in [0.15, 0.2) is 0 Å². The van der Waals surface area contributed by atoms with Gasteiger partial charge in [-0.25, -0.2) is 0 Å². The Balaban J connectivity index is 1.64. The Hall–Kier alpha value is -2.53. The maximum Gasteiger partial charge on any atom is 0.436 e. The van der Waals surface area contributed by atoms with Crippen LogP contribution < -0.4 is 20.7 Å². The first-order chi connectivity index (χ1) is 17.0. The van der Waals surface area contributed by atoms with Crippen LogP contribution in [-0.4, -0.2) is 44.3 Å². The van der Waals surface area contributed by atoms with E-state index in [1.54, 1.807) is 11.9 Å². The lowest BCUT2D eigenvalue weighted by Crippen LogP contribution is -2.53. The van der Waals surface area contributed by atoms with Gasteiger partial charge < -0.3 is 30.4 Å². The number of para-hydroxylation sites is 1. The summed E-state index contributed by atoms with van der Waals surface area (Å²) in [4.78, 5) is 28.5. The maximum atomic E-state index is 13.9. The number of hydrogen-bond donors (Lipinski definition) is 4. The van der Waals surface area contributed by atoms with Crippen molar-refractivity contribution in [2.75, 3.05) is 17.9 Å². The number of nitrogens with zero attached hydrogens (tertiary/aromatic N) is 1. The van der Waals surface area contributed by atoms with E-state index in [0.29, 0.717) is 32.2 Å². The molecule has 5 N–H and O–H groups in total. The summed E-state index contributed by atoms with van der Waals surface area (Å²) in [5.74, 6) is -0.636. The van der Waals surface area contributed by atoms with E-state index >= 15 is 0 Å². The molecule has 1 fully saturated rings. The predicted molar refractivity (Wildman–Crippen MR) is 139 cm³/mol. The van der Waals surface area contributed by atoms with Crippen LogP contribution in [0.25, 0.3) is 0 Å². The summed E-state index contributed by atoms with van der Waals surface area (Å²) >= 11 is 1.62. The van der Waals surface area contributed by atoms with E-state index in [9.17, 15) is 14.6 Å². The van der Waals surface area contributed by atoms with Crippen molar-refractivity contribution in [3.63, 3.8) is 0 Å². The monoisotopic (exact) mass is 496 g/mol. The van der Waals surface area contributed by atoms with Crippen molar-refractivity contribution in [3.8, 4) is 0 Å². The first kappa shape index (κ1) is 25.6. The molecule has 186 valence electrons. The molecule has 0 radical (unpaired) electrons. The van der Waals surface area contributed by atoms with Gasteiger partial charge in [-0.2, -0.15) is 0 Å². The summed E-state index contributed by atoms with van der Waals surface area (Å²) in [6.07, 6.45) is 2.94. The lowest BCUT2D eigenvalue weighted by Gasteiger charge is -2.31. The second kappa shape index (κ2) is 11.5. The van der Waals surface area contributed by atoms with Crippen molar-refractivity contribution in [1.29, 1.82) is 0 Å². The highest BCUT2D eigenvalue weighted by atomic mass is 32.2. The van der Waals surface area contributed by atoms with Gasteiger partial charge in [-0.1, -0.05) is 49.2 Å². The summed E-state index contributed by atoms with van der Waals surface area (Å²) in [5, 5.41) is 15.4. The van der Waals surface area contributed by atoms with Crippen LogP contribution in [0, 0.1) is 5.41 Å². The minimum atomic E-state index is -1.19. The molecule has 1 heterocycles. The van der Waals surface area contributed by atoms with Crippen molar-refractivity contribution in [2.45, 2.75) is 55.7 Å². The zero-order valence-corrected chi connectivity index (χ0v) is 20.9. The Labute approximate surface area is 211 Å². The van der Waals surface area contributed by atoms with Crippen LogP contribution in [0.1, 0.15) is 55.7 Å². The van der Waals surface area contributed by atoms with Crippen LogP contribution in [0.15, 0.2) is 53.4 Å². The molecule has 2 atom stereocenters. The van der Waals surface area contributed by atoms with E-state index in [-0.39, 0.29) is 17.9 Å². The number of nitrogens with one attached hydrogen (secondary N) is 2. The highest BCUT2D eigenvalue weighted by molar-refractivity contribution is 8.00. The first-order valence-electron chi connectivity index (χ1n) is 12.1. The molecule has 0 saturated heterocycles. The molecule has 1 aliphatic carbocycles. The van der Waals surface area contributed by atoms with Gasteiger partial charge in [0.1, 0.15) is 11.6 Å². The van der Waals surface area contributed by atoms with E-state index in [4.69, 9.17) is 10.4 Å². The lowest BCUT2D eigenvalue weighted by atomic mass is 9.83. The molecule has 2 aromatic rings. The number of nitrogens with two attached hydrogens (primary N) is 1. The maximum absolute atomic E-state index is 13.9. The van der Waals surface area contributed by atoms with Crippen molar-refractivity contribution in [1.82, 2.24) is 10.6 Å². The van der Waals surface area contributed by atoms with Gasteiger partial charge in [0.25, 0.3) is 0 Å². The molecule has 8 nitrogen and oxygen atoms in total. The number of rotatable bonds is 9. The van der Waals surface area contributed by atoms with Gasteiger partial charge in [-0.05, 0) is 61.9 Å². The quantitative estimate of drug-likeness (QED) is 0.182. The summed E-state index contributed by atoms with van der Waals surface area (Å²) < 4.78 is 7.40. The Kier molecular flexibility index (Phi) is 8.38. The largest absolute Gasteiger partial charge is 0.436 e. The minimum absolute atomic E-state index is 0.279. The molecule has 10 heteroatoms. The molecule has 0 aromatic heterocycles. The van der Waals surface area contributed by atoms with Crippen LogP contribution >= 0.6 is 11.9 Å². The number of fused-ring (bicyclic) bond motifs is 2. The van der Waals surface area contributed by atoms with Gasteiger partial charge >= 0.3 is 7.69 Å². The topological polar surface area (TPSA) is 117 Å². The summed E-state index contributed by atoms with van der Waals surface area (Å²) in [5.41, 5.74) is 7.42. The smallest absolute Gasteiger partial charge is 0.430 e. The highest BCUT2D eigenvalue weighted by Crippen LogP contribution is 2.44. The Morgan fingerprint density at radius 3 is 2.57 bits per heavy atom. The third kappa shape index (κ3) is 5.35. The molecular formula is C25H33BN4O4S. The van der Waals surface area contributed by atoms with Crippen molar-refractivity contribution >= 4 is 37.1 Å². The number of carbonyl (C=O) groups excluding carboxylic acids is 2. The van der Waals surface area contributed by atoms with E-state index in [0.717, 1.165) is 34.6 Å². The predicted octanol–water partition coefficient (Wildman–Crippen LogP) is 2.37. The van der Waals surface area contributed by atoms with E-state index in [1.165, 1.54) is 0 Å². The van der Waals surface area contributed by atoms with Crippen LogP contribution in [-0.2, 0) is 14.2 Å². The summed E-state index contributed by atoms with van der Waals surface area (Å²) in [6, 6.07) is 15.7. The van der Waals surface area contributed by atoms with Gasteiger partial charge in [0.2, 0.25) is 11.8 Å². The summed E-state index contributed by atoms with van der Waals surface area (Å²) in [7, 11) is 1.49. The van der Waals surface area contributed by atoms with E-state index in [2.05, 4.69) is 14.9 Å². The zero-order valence-electron chi connectivity index (χ0n) is 20.0. The van der Waals surface area contributed by atoms with Gasteiger partial charge in [0, 0.05) is 17.5 Å². The zero-order chi connectivity index (χ0) is 24.8. The lowest BCUT2D eigenvalue weighted by molar-refractivity contribution is -0.145. The van der Waals surface area contributed by atoms with Crippen LogP contribution in [0.3, 0.4) is 0 Å². The van der Waals surface area contributed by atoms with Gasteiger partial charge in [-0.3, -0.25) is 9.59 Å². The standard InChI is InChI=1S/C25H33BN4O4S/c1-30-19-11-4-2-9-17(19)22(18-10-3-5-12-20(18)35-30)29-24(32)25(14-6-7-15-25)23(31)28-21(34-26-33)13-8-16-27/h2-5,9-12,21-22,26,33H,6-8,13-16,27H2,1H3,(H,28,31)(H,29,32)/t21-,22?/m1/s1. The average molecular weight is 496 g/mol. The van der Waals surface area contributed by atoms with Crippen LogP contribution in [0.2, 0.25) is 0 Å². The highest BCUT2D eigenvalue weighted by Gasteiger charge is 2.49. The fourth-order valence-corrected chi connectivity index (χ4v) is 6.01. The summed E-state index contributed by atoms with van der Waals surface area (Å²) in [6.45, 7) is 0.444. The molecule has 35 heavy (non-hydrogen) atoms. The fourth-order valence-electron chi connectivity index (χ4n) is 5.02. The van der Waals surface area contributed by atoms with Crippen molar-refractivity contribution < 1.29 is 19.3 Å². The third-order valence-corrected chi connectivity index (χ3v) is 7.93. The van der Waals surface area contributed by atoms with Gasteiger partial charge in [0.05, 0.1) is 11.7 Å². The minimum Gasteiger partial charge on any atom is -0.430 e. The second-order valence-electron chi connectivity index (χ2n) is 9.07. The fraction of sp³-hybridized carbons (Fsp3) is 0.440. The molecule has 4 rings (SSSR count). The molecule has 1 unspecified atom stereocenters. The Morgan fingerprint density at radius 2 is 1.86 bits per heavy atom. The molecule has 0 spiro atoms. The SMILES string of the molecule is CN1Sc2ccccc2C(NC(=O)C2(C(=O)N[C@@H](CCCN)OBO)CCCC2)c2ccccc21. The molecule has 2 aromatic carbocycles. The normalized spacial score (nSPS) is 19.2. The third-order valence-electron chi connectivity index (χ3n) is 6.89. The van der Waals surface area contributed by atoms with Gasteiger partial charge in [-0.15, -0.1) is 0 Å². The average Bonchev–Trinajstić information content (AvgIpc) is 3.34. The number of anilines is 1. The second-order valence-corrected chi connectivity index (χ2v) is 10.2. The van der Waals surface area contributed by atoms with Crippen molar-refractivity contribution in [3.05, 3.63) is 59.7 Å².